The lowest BCUT2D eigenvalue weighted by Gasteiger charge is -2.32. The number of amidine groups is 1. The Morgan fingerprint density at radius 1 is 1.00 bits per heavy atom. The van der Waals surface area contributed by atoms with Gasteiger partial charge < -0.3 is 9.64 Å². The minimum atomic E-state index is 0.0764. The zero-order valence-electron chi connectivity index (χ0n) is 9.59. The maximum Gasteiger partial charge on any atom is 0.285 e. The lowest BCUT2D eigenvalue weighted by atomic mass is 10.2. The molecule has 0 rings (SSSR count). The summed E-state index contributed by atoms with van der Waals surface area (Å²) in [5.74, 6) is 0. The Hall–Kier alpha value is -0.730. The van der Waals surface area contributed by atoms with Gasteiger partial charge in [0.05, 0.1) is 6.10 Å². The highest BCUT2D eigenvalue weighted by Crippen LogP contribution is 2.07. The van der Waals surface area contributed by atoms with Gasteiger partial charge in [-0.25, -0.2) is 0 Å². The maximum atomic E-state index is 7.74. The van der Waals surface area contributed by atoms with Gasteiger partial charge in [-0.3, -0.25) is 5.41 Å². The molecule has 0 saturated carbocycles. The van der Waals surface area contributed by atoms with Crippen LogP contribution in [0.5, 0.6) is 0 Å². The zero-order chi connectivity index (χ0) is 10.6. The lowest BCUT2D eigenvalue weighted by molar-refractivity contribution is 0.145. The van der Waals surface area contributed by atoms with Gasteiger partial charge in [-0.15, -0.1) is 0 Å². The third-order valence-electron chi connectivity index (χ3n) is 1.69. The van der Waals surface area contributed by atoms with Crippen LogP contribution in [0.2, 0.25) is 0 Å². The average Bonchev–Trinajstić information content (AvgIpc) is 1.81. The van der Waals surface area contributed by atoms with E-state index in [0.717, 1.165) is 0 Å². The molecule has 0 amide bonds. The van der Waals surface area contributed by atoms with Crippen molar-refractivity contribution in [3.63, 3.8) is 0 Å². The van der Waals surface area contributed by atoms with Crippen LogP contribution in [0.4, 0.5) is 0 Å². The first-order chi connectivity index (χ1) is 5.86. The van der Waals surface area contributed by atoms with Crippen LogP contribution >= 0.6 is 0 Å². The number of nitrogens with zero attached hydrogens (tertiary/aromatic N) is 1. The van der Waals surface area contributed by atoms with Crippen molar-refractivity contribution in [3.8, 4) is 0 Å². The van der Waals surface area contributed by atoms with E-state index in [1.807, 2.05) is 18.7 Å². The van der Waals surface area contributed by atoms with E-state index in [0.29, 0.717) is 12.1 Å². The third-order valence-corrected chi connectivity index (χ3v) is 1.69. The van der Waals surface area contributed by atoms with Gasteiger partial charge >= 0.3 is 0 Å². The number of nitrogens with one attached hydrogen (secondary N) is 1. The number of ether oxygens (including phenoxy) is 1. The summed E-state index contributed by atoms with van der Waals surface area (Å²) in [5.41, 5.74) is 0. The van der Waals surface area contributed by atoms with Gasteiger partial charge in [0.2, 0.25) is 0 Å². The largest absolute Gasteiger partial charge is 0.463 e. The Morgan fingerprint density at radius 2 is 1.38 bits per heavy atom. The molecule has 0 aromatic heterocycles. The Kier molecular flexibility index (Phi) is 4.81. The monoisotopic (exact) mass is 186 g/mol. The molecule has 78 valence electrons. The molecule has 0 heterocycles. The molecular weight excluding hydrogens is 164 g/mol. The number of hydrogen-bond donors (Lipinski definition) is 1. The highest BCUT2D eigenvalue weighted by atomic mass is 16.5. The van der Waals surface area contributed by atoms with E-state index < -0.39 is 0 Å². The molecule has 13 heavy (non-hydrogen) atoms. The minimum Gasteiger partial charge on any atom is -0.463 e. The first kappa shape index (κ1) is 12.3. The molecule has 3 heteroatoms. The molecule has 0 unspecified atom stereocenters. The van der Waals surface area contributed by atoms with Crippen molar-refractivity contribution in [1.82, 2.24) is 4.90 Å². The molecule has 0 fully saturated rings. The normalized spacial score (nSPS) is 11.2. The first-order valence-corrected chi connectivity index (χ1v) is 4.89. The van der Waals surface area contributed by atoms with Crippen LogP contribution in [-0.2, 0) is 4.74 Å². The molecule has 0 atom stereocenters. The summed E-state index contributed by atoms with van der Waals surface area (Å²) in [6, 6.07) is 0.900. The van der Waals surface area contributed by atoms with E-state index in [2.05, 4.69) is 27.7 Å². The predicted molar refractivity (Wildman–Crippen MR) is 56.1 cm³/mol. The highest BCUT2D eigenvalue weighted by Gasteiger charge is 2.18. The van der Waals surface area contributed by atoms with Crippen molar-refractivity contribution < 1.29 is 4.74 Å². The van der Waals surface area contributed by atoms with Crippen LogP contribution in [0.1, 0.15) is 41.5 Å². The highest BCUT2D eigenvalue weighted by molar-refractivity contribution is 5.71. The van der Waals surface area contributed by atoms with Gasteiger partial charge in [-0.1, -0.05) is 0 Å². The Labute approximate surface area is 81.6 Å². The molecule has 0 spiro atoms. The summed E-state index contributed by atoms with van der Waals surface area (Å²) in [7, 11) is 0. The third kappa shape index (κ3) is 4.15. The van der Waals surface area contributed by atoms with Crippen LogP contribution in [0.15, 0.2) is 0 Å². The van der Waals surface area contributed by atoms with Gasteiger partial charge in [0, 0.05) is 12.1 Å². The summed E-state index contributed by atoms with van der Waals surface area (Å²) < 4.78 is 5.34. The second kappa shape index (κ2) is 5.10. The minimum absolute atomic E-state index is 0.0764. The van der Waals surface area contributed by atoms with Gasteiger partial charge in [0.25, 0.3) is 6.02 Å². The molecule has 0 aromatic carbocycles. The summed E-state index contributed by atoms with van der Waals surface area (Å²) in [5, 5.41) is 7.74. The molecule has 0 aliphatic rings. The number of hydrogen-bond acceptors (Lipinski definition) is 2. The van der Waals surface area contributed by atoms with Crippen molar-refractivity contribution in [3.05, 3.63) is 0 Å². The average molecular weight is 186 g/mol. The standard InChI is InChI=1S/C10H22N2O/c1-7(2)12(8(3)4)10(11)13-9(5)6/h7-9,11H,1-6H3. The van der Waals surface area contributed by atoms with E-state index in [4.69, 9.17) is 10.1 Å². The molecule has 0 saturated heterocycles. The van der Waals surface area contributed by atoms with Crippen molar-refractivity contribution >= 4 is 6.02 Å². The second-order valence-corrected chi connectivity index (χ2v) is 4.07. The zero-order valence-corrected chi connectivity index (χ0v) is 9.59. The number of rotatable bonds is 3. The van der Waals surface area contributed by atoms with E-state index in [1.54, 1.807) is 0 Å². The van der Waals surface area contributed by atoms with E-state index >= 15 is 0 Å². The van der Waals surface area contributed by atoms with Crippen LogP contribution in [0, 0.1) is 5.41 Å². The van der Waals surface area contributed by atoms with Crippen LogP contribution in [0.25, 0.3) is 0 Å². The Morgan fingerprint density at radius 3 is 1.62 bits per heavy atom. The lowest BCUT2D eigenvalue weighted by Crippen LogP contribution is -2.43. The summed E-state index contributed by atoms with van der Waals surface area (Å²) >= 11 is 0. The van der Waals surface area contributed by atoms with Crippen molar-refractivity contribution in [2.75, 3.05) is 0 Å². The van der Waals surface area contributed by atoms with Crippen molar-refractivity contribution in [1.29, 1.82) is 5.41 Å². The Bertz CT molecular complexity index is 156. The van der Waals surface area contributed by atoms with Crippen LogP contribution in [0.3, 0.4) is 0 Å². The first-order valence-electron chi connectivity index (χ1n) is 4.89. The molecule has 0 aliphatic heterocycles. The SMILES string of the molecule is CC(C)OC(=N)N(C(C)C)C(C)C. The fraction of sp³-hybridized carbons (Fsp3) is 0.900. The maximum absolute atomic E-state index is 7.74. The van der Waals surface area contributed by atoms with Gasteiger partial charge in [-0.05, 0) is 41.5 Å². The molecule has 0 aliphatic carbocycles. The summed E-state index contributed by atoms with van der Waals surface area (Å²) in [4.78, 5) is 1.96. The van der Waals surface area contributed by atoms with E-state index in [-0.39, 0.29) is 12.1 Å². The molecule has 0 radical (unpaired) electrons. The van der Waals surface area contributed by atoms with Crippen molar-refractivity contribution in [2.24, 2.45) is 0 Å². The fourth-order valence-corrected chi connectivity index (χ4v) is 1.35. The van der Waals surface area contributed by atoms with Crippen LogP contribution < -0.4 is 0 Å². The molecule has 3 nitrogen and oxygen atoms in total. The molecule has 0 bridgehead atoms. The van der Waals surface area contributed by atoms with E-state index in [9.17, 15) is 0 Å². The topological polar surface area (TPSA) is 36.3 Å². The second-order valence-electron chi connectivity index (χ2n) is 4.07. The Balaban J connectivity index is 4.29. The van der Waals surface area contributed by atoms with Gasteiger partial charge in [-0.2, -0.15) is 0 Å². The summed E-state index contributed by atoms with van der Waals surface area (Å²) in [6.07, 6.45) is 0.0764. The molecular formula is C10H22N2O. The van der Waals surface area contributed by atoms with Gasteiger partial charge in [0.15, 0.2) is 0 Å². The van der Waals surface area contributed by atoms with Crippen LogP contribution in [-0.4, -0.2) is 29.1 Å². The van der Waals surface area contributed by atoms with Crippen molar-refractivity contribution in [2.45, 2.75) is 59.7 Å². The van der Waals surface area contributed by atoms with E-state index in [1.165, 1.54) is 0 Å². The smallest absolute Gasteiger partial charge is 0.285 e. The quantitative estimate of drug-likeness (QED) is 0.543. The molecule has 1 N–H and O–H groups in total. The molecule has 0 aromatic rings. The predicted octanol–water partition coefficient (Wildman–Crippen LogP) is 2.46. The van der Waals surface area contributed by atoms with Gasteiger partial charge in [0.1, 0.15) is 0 Å². The fourth-order valence-electron chi connectivity index (χ4n) is 1.35. The summed E-state index contributed by atoms with van der Waals surface area (Å²) in [6.45, 7) is 12.1.